The number of hydrogen-bond acceptors (Lipinski definition) is 3. The third kappa shape index (κ3) is 5.36. The predicted octanol–water partition coefficient (Wildman–Crippen LogP) is 1.70. The number of nitrogens with one attached hydrogen (secondary N) is 1. The van der Waals surface area contributed by atoms with Gasteiger partial charge in [0.15, 0.2) is 0 Å². The van der Waals surface area contributed by atoms with Crippen molar-refractivity contribution in [3.8, 4) is 0 Å². The molecule has 6 heteroatoms. The maximum atomic E-state index is 12.1. The van der Waals surface area contributed by atoms with Crippen LogP contribution in [0.1, 0.15) is 39.0 Å². The van der Waals surface area contributed by atoms with E-state index in [1.54, 1.807) is 11.9 Å². The van der Waals surface area contributed by atoms with E-state index in [1.165, 1.54) is 13.5 Å². The second kappa shape index (κ2) is 8.09. The molecule has 2 N–H and O–H groups in total. The van der Waals surface area contributed by atoms with Crippen molar-refractivity contribution in [1.82, 2.24) is 10.2 Å². The molecule has 0 heterocycles. The van der Waals surface area contributed by atoms with Crippen molar-refractivity contribution >= 4 is 12.0 Å². The van der Waals surface area contributed by atoms with E-state index in [-0.39, 0.29) is 25.0 Å². The molecule has 116 valence electrons. The lowest BCUT2D eigenvalue weighted by molar-refractivity contribution is -0.139. The molecule has 2 amide bonds. The first-order valence-corrected chi connectivity index (χ1v) is 7.19. The summed E-state index contributed by atoms with van der Waals surface area (Å²) in [5.74, 6) is -0.275. The number of carbonyl (C=O) groups excluding carboxylic acids is 1. The van der Waals surface area contributed by atoms with Gasteiger partial charge in [-0.2, -0.15) is 0 Å². The molecular formula is C14H26N2O4. The molecule has 0 saturated heterocycles. The van der Waals surface area contributed by atoms with Crippen molar-refractivity contribution in [2.45, 2.75) is 51.2 Å². The normalized spacial score (nSPS) is 23.9. The zero-order valence-electron chi connectivity index (χ0n) is 12.6. The van der Waals surface area contributed by atoms with Gasteiger partial charge in [0.05, 0.1) is 12.5 Å². The van der Waals surface area contributed by atoms with Crippen molar-refractivity contribution in [2.75, 3.05) is 20.7 Å². The highest BCUT2D eigenvalue weighted by Crippen LogP contribution is 2.26. The summed E-state index contributed by atoms with van der Waals surface area (Å²) in [6.45, 7) is 2.43. The van der Waals surface area contributed by atoms with Gasteiger partial charge in [0, 0.05) is 26.7 Å². The van der Waals surface area contributed by atoms with Gasteiger partial charge in [-0.1, -0.05) is 19.8 Å². The lowest BCUT2D eigenvalue weighted by Gasteiger charge is -2.34. The molecule has 1 aliphatic carbocycles. The number of aliphatic carboxylic acids is 1. The molecule has 3 atom stereocenters. The quantitative estimate of drug-likeness (QED) is 0.779. The third-order valence-corrected chi connectivity index (χ3v) is 3.99. The molecule has 1 aliphatic rings. The van der Waals surface area contributed by atoms with E-state index in [2.05, 4.69) is 12.2 Å². The van der Waals surface area contributed by atoms with Gasteiger partial charge >= 0.3 is 12.0 Å². The molecule has 20 heavy (non-hydrogen) atoms. The molecule has 0 radical (unpaired) electrons. The van der Waals surface area contributed by atoms with Crippen LogP contribution in [0.25, 0.3) is 0 Å². The predicted molar refractivity (Wildman–Crippen MR) is 75.6 cm³/mol. The summed E-state index contributed by atoms with van der Waals surface area (Å²) in [7, 11) is 3.25. The number of carboxylic acid groups (broad SMARTS) is 1. The lowest BCUT2D eigenvalue weighted by atomic mass is 9.86. The molecular weight excluding hydrogens is 260 g/mol. The smallest absolute Gasteiger partial charge is 0.317 e. The highest BCUT2D eigenvalue weighted by atomic mass is 16.5. The number of urea groups is 1. The van der Waals surface area contributed by atoms with Gasteiger partial charge in [-0.3, -0.25) is 4.79 Å². The minimum absolute atomic E-state index is 0.110. The van der Waals surface area contributed by atoms with Crippen LogP contribution in [0, 0.1) is 5.92 Å². The van der Waals surface area contributed by atoms with Gasteiger partial charge in [-0.15, -0.1) is 0 Å². The molecule has 1 rings (SSSR count). The fourth-order valence-electron chi connectivity index (χ4n) is 2.68. The number of nitrogens with zero attached hydrogens (tertiary/aromatic N) is 1. The second-order valence-corrected chi connectivity index (χ2v) is 5.68. The third-order valence-electron chi connectivity index (χ3n) is 3.99. The van der Waals surface area contributed by atoms with Gasteiger partial charge < -0.3 is 20.1 Å². The Labute approximate surface area is 120 Å². The molecule has 0 spiro atoms. The molecule has 0 aromatic carbocycles. The molecule has 1 fully saturated rings. The number of carbonyl (C=O) groups is 2. The van der Waals surface area contributed by atoms with Crippen LogP contribution < -0.4 is 5.32 Å². The monoisotopic (exact) mass is 286 g/mol. The largest absolute Gasteiger partial charge is 0.481 e. The standard InChI is InChI=1S/C14H26N2O4/c1-10-5-4-6-11(7-10)16(2)14(19)15-9-12(20-3)8-13(17)18/h10-12H,4-9H2,1-3H3,(H,15,19)(H,17,18). The van der Waals surface area contributed by atoms with Crippen molar-refractivity contribution in [1.29, 1.82) is 0 Å². The Morgan fingerprint density at radius 1 is 1.45 bits per heavy atom. The van der Waals surface area contributed by atoms with Crippen LogP contribution in [0.15, 0.2) is 0 Å². The SMILES string of the molecule is COC(CNC(=O)N(C)C1CCCC(C)C1)CC(=O)O. The van der Waals surface area contributed by atoms with Gasteiger partial charge in [0.1, 0.15) is 0 Å². The van der Waals surface area contributed by atoms with Crippen LogP contribution in [-0.2, 0) is 9.53 Å². The van der Waals surface area contributed by atoms with E-state index in [4.69, 9.17) is 9.84 Å². The maximum Gasteiger partial charge on any atom is 0.317 e. The number of hydrogen-bond donors (Lipinski definition) is 2. The van der Waals surface area contributed by atoms with E-state index in [0.717, 1.165) is 19.3 Å². The van der Waals surface area contributed by atoms with Crippen LogP contribution in [0.3, 0.4) is 0 Å². The van der Waals surface area contributed by atoms with Crippen LogP contribution in [0.5, 0.6) is 0 Å². The fourth-order valence-corrected chi connectivity index (χ4v) is 2.68. The van der Waals surface area contributed by atoms with E-state index in [9.17, 15) is 9.59 Å². The fraction of sp³-hybridized carbons (Fsp3) is 0.857. The second-order valence-electron chi connectivity index (χ2n) is 5.68. The molecule has 0 aliphatic heterocycles. The minimum Gasteiger partial charge on any atom is -0.481 e. The lowest BCUT2D eigenvalue weighted by Crippen LogP contribution is -2.47. The number of carboxylic acids is 1. The average molecular weight is 286 g/mol. The van der Waals surface area contributed by atoms with Crippen molar-refractivity contribution in [3.63, 3.8) is 0 Å². The van der Waals surface area contributed by atoms with Gasteiger partial charge in [-0.05, 0) is 18.8 Å². The Kier molecular flexibility index (Phi) is 6.78. The Morgan fingerprint density at radius 2 is 2.15 bits per heavy atom. The average Bonchev–Trinajstić information content (AvgIpc) is 2.41. The zero-order valence-corrected chi connectivity index (χ0v) is 12.6. The van der Waals surface area contributed by atoms with Gasteiger partial charge in [0.25, 0.3) is 0 Å². The molecule has 0 aromatic rings. The summed E-state index contributed by atoms with van der Waals surface area (Å²) in [4.78, 5) is 24.4. The zero-order chi connectivity index (χ0) is 15.1. The first kappa shape index (κ1) is 16.8. The molecule has 6 nitrogen and oxygen atoms in total. The van der Waals surface area contributed by atoms with E-state index < -0.39 is 12.1 Å². The van der Waals surface area contributed by atoms with Gasteiger partial charge in [-0.25, -0.2) is 4.79 Å². The highest BCUT2D eigenvalue weighted by Gasteiger charge is 2.25. The summed E-state index contributed by atoms with van der Waals surface area (Å²) in [6.07, 6.45) is 3.86. The number of ether oxygens (including phenoxy) is 1. The Bertz CT molecular complexity index is 335. The van der Waals surface area contributed by atoms with Crippen molar-refractivity contribution < 1.29 is 19.4 Å². The Hall–Kier alpha value is -1.30. The highest BCUT2D eigenvalue weighted by molar-refractivity contribution is 5.74. The minimum atomic E-state index is -0.930. The summed E-state index contributed by atoms with van der Waals surface area (Å²) in [5.41, 5.74) is 0. The first-order valence-electron chi connectivity index (χ1n) is 7.19. The summed E-state index contributed by atoms with van der Waals surface area (Å²) >= 11 is 0. The summed E-state index contributed by atoms with van der Waals surface area (Å²) in [6, 6.07) is 0.121. The Balaban J connectivity index is 2.38. The maximum absolute atomic E-state index is 12.1. The van der Waals surface area contributed by atoms with E-state index in [0.29, 0.717) is 5.92 Å². The van der Waals surface area contributed by atoms with Crippen LogP contribution in [0.4, 0.5) is 4.79 Å². The Morgan fingerprint density at radius 3 is 2.70 bits per heavy atom. The van der Waals surface area contributed by atoms with Crippen LogP contribution >= 0.6 is 0 Å². The van der Waals surface area contributed by atoms with Crippen LogP contribution in [0.2, 0.25) is 0 Å². The molecule has 3 unspecified atom stereocenters. The van der Waals surface area contributed by atoms with E-state index in [1.807, 2.05) is 0 Å². The van der Waals surface area contributed by atoms with Crippen LogP contribution in [-0.4, -0.2) is 54.9 Å². The molecule has 0 bridgehead atoms. The van der Waals surface area contributed by atoms with Crippen molar-refractivity contribution in [3.05, 3.63) is 0 Å². The van der Waals surface area contributed by atoms with E-state index >= 15 is 0 Å². The van der Waals surface area contributed by atoms with Gasteiger partial charge in [0.2, 0.25) is 0 Å². The number of rotatable bonds is 6. The number of amides is 2. The topological polar surface area (TPSA) is 78.9 Å². The molecule has 0 aromatic heterocycles. The summed E-state index contributed by atoms with van der Waals surface area (Å²) < 4.78 is 5.04. The van der Waals surface area contributed by atoms with Crippen molar-refractivity contribution in [2.24, 2.45) is 5.92 Å². The first-order chi connectivity index (χ1) is 9.43. The number of methoxy groups -OCH3 is 1. The summed E-state index contributed by atoms with van der Waals surface area (Å²) in [5, 5.41) is 11.5. The molecule has 1 saturated carbocycles.